The number of nitrogens with zero attached hydrogens (tertiary/aromatic N) is 1. The summed E-state index contributed by atoms with van der Waals surface area (Å²) >= 11 is 0. The van der Waals surface area contributed by atoms with Gasteiger partial charge in [0, 0.05) is 18.9 Å². The summed E-state index contributed by atoms with van der Waals surface area (Å²) in [5.74, 6) is 1.62. The summed E-state index contributed by atoms with van der Waals surface area (Å²) in [6.45, 7) is 1.07. The molecule has 2 rings (SSSR count). The Bertz CT molecular complexity index is 708. The average Bonchev–Trinajstić information content (AvgIpc) is 2.60. The number of aliphatic imine (C=N–C) groups is 1. The van der Waals surface area contributed by atoms with E-state index in [0.29, 0.717) is 30.6 Å². The van der Waals surface area contributed by atoms with Crippen molar-refractivity contribution < 1.29 is 14.2 Å². The normalized spacial score (nSPS) is 10.8. The molecule has 0 atom stereocenters. The molecule has 0 aliphatic heterocycles. The minimum absolute atomic E-state index is 0. The first-order chi connectivity index (χ1) is 11.7. The zero-order chi connectivity index (χ0) is 17.4. The Labute approximate surface area is 165 Å². The number of ether oxygens (including phenoxy) is 3. The summed E-state index contributed by atoms with van der Waals surface area (Å²) in [6.07, 6.45) is 0. The number of halogens is 1. The van der Waals surface area contributed by atoms with Crippen molar-refractivity contribution in [1.29, 1.82) is 0 Å². The second kappa shape index (κ2) is 10.8. The van der Waals surface area contributed by atoms with Crippen LogP contribution in [0.25, 0.3) is 0 Å². The predicted octanol–water partition coefficient (Wildman–Crippen LogP) is 3.40. The Hall–Kier alpha value is -2.00. The number of rotatable bonds is 7. The van der Waals surface area contributed by atoms with Gasteiger partial charge in [0.1, 0.15) is 0 Å². The minimum Gasteiger partial charge on any atom is -0.493 e. The Morgan fingerprint density at radius 2 is 1.72 bits per heavy atom. The SMILES string of the molecule is COCc1cccc(CN=C(N)Nc2ccc(OC)c(OC)c2)c1.I. The van der Waals surface area contributed by atoms with Crippen molar-refractivity contribution in [1.82, 2.24) is 0 Å². The molecule has 0 spiro atoms. The molecule has 0 aliphatic rings. The molecule has 0 saturated carbocycles. The van der Waals surface area contributed by atoms with E-state index in [4.69, 9.17) is 19.9 Å². The molecule has 136 valence electrons. The third-order valence-corrected chi connectivity index (χ3v) is 3.39. The number of benzene rings is 2. The van der Waals surface area contributed by atoms with Crippen molar-refractivity contribution in [2.45, 2.75) is 13.2 Å². The van der Waals surface area contributed by atoms with Crippen LogP contribution in [0.1, 0.15) is 11.1 Å². The van der Waals surface area contributed by atoms with Crippen LogP contribution < -0.4 is 20.5 Å². The molecule has 0 heterocycles. The lowest BCUT2D eigenvalue weighted by Gasteiger charge is -2.11. The van der Waals surface area contributed by atoms with Crippen LogP contribution >= 0.6 is 24.0 Å². The van der Waals surface area contributed by atoms with Crippen molar-refractivity contribution >= 4 is 35.6 Å². The molecule has 0 aromatic heterocycles. The van der Waals surface area contributed by atoms with Gasteiger partial charge in [-0.15, -0.1) is 24.0 Å². The van der Waals surface area contributed by atoms with Crippen LogP contribution in [0.2, 0.25) is 0 Å². The van der Waals surface area contributed by atoms with Gasteiger partial charge in [-0.3, -0.25) is 0 Å². The fraction of sp³-hybridized carbons (Fsp3) is 0.278. The Balaban J connectivity index is 0.00000312. The zero-order valence-electron chi connectivity index (χ0n) is 14.6. The first-order valence-electron chi connectivity index (χ1n) is 7.52. The summed E-state index contributed by atoms with van der Waals surface area (Å²) in [5, 5.41) is 3.05. The van der Waals surface area contributed by atoms with Crippen LogP contribution in [-0.2, 0) is 17.9 Å². The van der Waals surface area contributed by atoms with Gasteiger partial charge in [0.05, 0.1) is 27.4 Å². The fourth-order valence-corrected chi connectivity index (χ4v) is 2.26. The topological polar surface area (TPSA) is 78.1 Å². The summed E-state index contributed by atoms with van der Waals surface area (Å²) < 4.78 is 15.6. The monoisotopic (exact) mass is 457 g/mol. The van der Waals surface area contributed by atoms with Gasteiger partial charge in [-0.05, 0) is 23.3 Å². The van der Waals surface area contributed by atoms with Gasteiger partial charge >= 0.3 is 0 Å². The first kappa shape index (κ1) is 21.0. The van der Waals surface area contributed by atoms with E-state index in [1.165, 1.54) is 0 Å². The number of guanidine groups is 1. The van der Waals surface area contributed by atoms with Gasteiger partial charge in [-0.1, -0.05) is 24.3 Å². The molecule has 0 bridgehead atoms. The lowest BCUT2D eigenvalue weighted by molar-refractivity contribution is 0.185. The molecule has 6 nitrogen and oxygen atoms in total. The molecule has 0 fully saturated rings. The molecule has 7 heteroatoms. The third kappa shape index (κ3) is 6.43. The van der Waals surface area contributed by atoms with Crippen LogP contribution in [-0.4, -0.2) is 27.3 Å². The quantitative estimate of drug-likeness (QED) is 0.379. The predicted molar refractivity (Wildman–Crippen MR) is 111 cm³/mol. The van der Waals surface area contributed by atoms with Crippen molar-refractivity contribution in [2.75, 3.05) is 26.6 Å². The van der Waals surface area contributed by atoms with Crippen LogP contribution in [0.4, 0.5) is 5.69 Å². The smallest absolute Gasteiger partial charge is 0.193 e. The van der Waals surface area contributed by atoms with Gasteiger partial charge < -0.3 is 25.3 Å². The van der Waals surface area contributed by atoms with E-state index >= 15 is 0 Å². The number of nitrogens with two attached hydrogens (primary N) is 1. The molecule has 0 amide bonds. The number of anilines is 1. The standard InChI is InChI=1S/C18H23N3O3.HI/c1-22-12-14-6-4-5-13(9-14)11-20-18(19)21-15-7-8-16(23-2)17(10-15)24-3;/h4-10H,11-12H2,1-3H3,(H3,19,20,21);1H. The highest BCUT2D eigenvalue weighted by molar-refractivity contribution is 14.0. The van der Waals surface area contributed by atoms with Crippen molar-refractivity contribution in [3.63, 3.8) is 0 Å². The number of methoxy groups -OCH3 is 3. The Morgan fingerprint density at radius 3 is 2.40 bits per heavy atom. The maximum absolute atomic E-state index is 5.95. The molecule has 0 aliphatic carbocycles. The molecule has 2 aromatic carbocycles. The van der Waals surface area contributed by atoms with E-state index in [1.807, 2.05) is 30.3 Å². The molecule has 25 heavy (non-hydrogen) atoms. The summed E-state index contributed by atoms with van der Waals surface area (Å²) in [7, 11) is 4.86. The summed E-state index contributed by atoms with van der Waals surface area (Å²) in [5.41, 5.74) is 8.91. The number of hydrogen-bond donors (Lipinski definition) is 2. The highest BCUT2D eigenvalue weighted by atomic mass is 127. The number of nitrogens with one attached hydrogen (secondary N) is 1. The van der Waals surface area contributed by atoms with Crippen LogP contribution in [0.15, 0.2) is 47.5 Å². The Morgan fingerprint density at radius 1 is 1.00 bits per heavy atom. The van der Waals surface area contributed by atoms with Gasteiger partial charge in [0.2, 0.25) is 0 Å². The third-order valence-electron chi connectivity index (χ3n) is 3.39. The van der Waals surface area contributed by atoms with E-state index in [2.05, 4.69) is 16.4 Å². The lowest BCUT2D eigenvalue weighted by Crippen LogP contribution is -2.22. The Kier molecular flexibility index (Phi) is 9.07. The van der Waals surface area contributed by atoms with Crippen LogP contribution in [0.5, 0.6) is 11.5 Å². The fourth-order valence-electron chi connectivity index (χ4n) is 2.26. The van der Waals surface area contributed by atoms with Gasteiger partial charge in [0.15, 0.2) is 17.5 Å². The van der Waals surface area contributed by atoms with Crippen LogP contribution in [0.3, 0.4) is 0 Å². The second-order valence-electron chi connectivity index (χ2n) is 5.15. The highest BCUT2D eigenvalue weighted by Crippen LogP contribution is 2.29. The van der Waals surface area contributed by atoms with E-state index in [1.54, 1.807) is 27.4 Å². The van der Waals surface area contributed by atoms with Crippen molar-refractivity contribution in [3.05, 3.63) is 53.6 Å². The summed E-state index contributed by atoms with van der Waals surface area (Å²) in [6, 6.07) is 13.5. The largest absolute Gasteiger partial charge is 0.493 e. The molecule has 0 saturated heterocycles. The zero-order valence-corrected chi connectivity index (χ0v) is 16.9. The average molecular weight is 457 g/mol. The molecular weight excluding hydrogens is 433 g/mol. The summed E-state index contributed by atoms with van der Waals surface area (Å²) in [4.78, 5) is 4.36. The number of hydrogen-bond acceptors (Lipinski definition) is 4. The van der Waals surface area contributed by atoms with Gasteiger partial charge in [-0.2, -0.15) is 0 Å². The lowest BCUT2D eigenvalue weighted by atomic mass is 10.1. The van der Waals surface area contributed by atoms with Crippen molar-refractivity contribution in [3.8, 4) is 11.5 Å². The molecule has 3 N–H and O–H groups in total. The maximum atomic E-state index is 5.95. The molecule has 0 unspecified atom stereocenters. The molecule has 2 aromatic rings. The van der Waals surface area contributed by atoms with Crippen molar-refractivity contribution in [2.24, 2.45) is 10.7 Å². The maximum Gasteiger partial charge on any atom is 0.193 e. The van der Waals surface area contributed by atoms with Gasteiger partial charge in [-0.25, -0.2) is 4.99 Å². The van der Waals surface area contributed by atoms with Crippen LogP contribution in [0, 0.1) is 0 Å². The van der Waals surface area contributed by atoms with E-state index in [-0.39, 0.29) is 24.0 Å². The van der Waals surface area contributed by atoms with E-state index < -0.39 is 0 Å². The first-order valence-corrected chi connectivity index (χ1v) is 7.52. The molecular formula is C18H24IN3O3. The second-order valence-corrected chi connectivity index (χ2v) is 5.15. The van der Waals surface area contributed by atoms with E-state index in [9.17, 15) is 0 Å². The highest BCUT2D eigenvalue weighted by Gasteiger charge is 2.05. The van der Waals surface area contributed by atoms with Gasteiger partial charge in [0.25, 0.3) is 0 Å². The van der Waals surface area contributed by atoms with E-state index in [0.717, 1.165) is 16.8 Å². The minimum atomic E-state index is 0. The molecule has 0 radical (unpaired) electrons.